The van der Waals surface area contributed by atoms with Crippen LogP contribution in [0.25, 0.3) is 0 Å². The maximum atomic E-state index is 12.4. The molecule has 1 amide bonds. The van der Waals surface area contributed by atoms with Gasteiger partial charge in [-0.15, -0.1) is 0 Å². The van der Waals surface area contributed by atoms with Crippen LogP contribution >= 0.6 is 0 Å². The topological polar surface area (TPSA) is 54.5 Å². The molecule has 1 saturated heterocycles. The Bertz CT molecular complexity index is 695. The standard InChI is InChI=1S/C22H29N3O2/c1-2-27-21-9-8-19(16-24-21)17-25-14-11-20(12-15-25)22(26)23-13-10-18-6-4-3-5-7-18/h3-9,16,20H,2,10-15,17H2,1H3,(H,23,26). The summed E-state index contributed by atoms with van der Waals surface area (Å²) in [5.41, 5.74) is 2.45. The summed E-state index contributed by atoms with van der Waals surface area (Å²) in [7, 11) is 0. The third-order valence-electron chi connectivity index (χ3n) is 5.01. The number of aromatic nitrogens is 1. The highest BCUT2D eigenvalue weighted by Crippen LogP contribution is 2.19. The van der Waals surface area contributed by atoms with Crippen LogP contribution in [0.4, 0.5) is 0 Å². The highest BCUT2D eigenvalue weighted by atomic mass is 16.5. The van der Waals surface area contributed by atoms with Crippen LogP contribution in [0.15, 0.2) is 48.7 Å². The first kappa shape index (κ1) is 19.4. The lowest BCUT2D eigenvalue weighted by Gasteiger charge is -2.31. The van der Waals surface area contributed by atoms with Crippen LogP contribution in [0, 0.1) is 5.92 Å². The van der Waals surface area contributed by atoms with Crippen molar-refractivity contribution < 1.29 is 9.53 Å². The van der Waals surface area contributed by atoms with Crippen molar-refractivity contribution in [3.8, 4) is 5.88 Å². The predicted octanol–water partition coefficient (Wildman–Crippen LogP) is 3.05. The second kappa shape index (κ2) is 10.1. The van der Waals surface area contributed by atoms with Gasteiger partial charge in [-0.25, -0.2) is 4.98 Å². The minimum absolute atomic E-state index is 0.135. The maximum Gasteiger partial charge on any atom is 0.223 e. The molecule has 2 heterocycles. The van der Waals surface area contributed by atoms with Crippen molar-refractivity contribution in [2.45, 2.75) is 32.7 Å². The summed E-state index contributed by atoms with van der Waals surface area (Å²) >= 11 is 0. The molecule has 1 aromatic heterocycles. The first-order chi connectivity index (χ1) is 13.2. The van der Waals surface area contributed by atoms with Crippen LogP contribution in [0.5, 0.6) is 5.88 Å². The SMILES string of the molecule is CCOc1ccc(CN2CCC(C(=O)NCCc3ccccc3)CC2)cn1. The second-order valence-electron chi connectivity index (χ2n) is 7.01. The van der Waals surface area contributed by atoms with E-state index >= 15 is 0 Å². The largest absolute Gasteiger partial charge is 0.478 e. The number of nitrogens with one attached hydrogen (secondary N) is 1. The van der Waals surface area contributed by atoms with E-state index in [1.165, 1.54) is 11.1 Å². The number of likely N-dealkylation sites (tertiary alicyclic amines) is 1. The Morgan fingerprint density at radius 3 is 2.59 bits per heavy atom. The van der Waals surface area contributed by atoms with E-state index in [9.17, 15) is 4.79 Å². The van der Waals surface area contributed by atoms with E-state index in [0.29, 0.717) is 19.0 Å². The zero-order chi connectivity index (χ0) is 18.9. The summed E-state index contributed by atoms with van der Waals surface area (Å²) in [5.74, 6) is 1.01. The monoisotopic (exact) mass is 367 g/mol. The molecule has 1 N–H and O–H groups in total. The number of amides is 1. The molecule has 3 rings (SSSR count). The molecule has 2 aromatic rings. The minimum atomic E-state index is 0.135. The lowest BCUT2D eigenvalue weighted by atomic mass is 9.95. The van der Waals surface area contributed by atoms with Gasteiger partial charge in [-0.3, -0.25) is 9.69 Å². The Morgan fingerprint density at radius 1 is 1.15 bits per heavy atom. The number of ether oxygens (including phenoxy) is 1. The third kappa shape index (κ3) is 6.07. The number of carbonyl (C=O) groups is 1. The fourth-order valence-electron chi connectivity index (χ4n) is 3.47. The van der Waals surface area contributed by atoms with E-state index in [0.717, 1.165) is 38.9 Å². The summed E-state index contributed by atoms with van der Waals surface area (Å²) in [6, 6.07) is 14.3. The van der Waals surface area contributed by atoms with Crippen LogP contribution in [0.2, 0.25) is 0 Å². The number of hydrogen-bond acceptors (Lipinski definition) is 4. The lowest BCUT2D eigenvalue weighted by Crippen LogP contribution is -2.40. The Hall–Kier alpha value is -2.40. The summed E-state index contributed by atoms with van der Waals surface area (Å²) in [6.45, 7) is 6.07. The number of rotatable bonds is 8. The van der Waals surface area contributed by atoms with Gasteiger partial charge < -0.3 is 10.1 Å². The van der Waals surface area contributed by atoms with Gasteiger partial charge in [0.1, 0.15) is 0 Å². The summed E-state index contributed by atoms with van der Waals surface area (Å²) in [6.07, 6.45) is 4.60. The summed E-state index contributed by atoms with van der Waals surface area (Å²) < 4.78 is 5.38. The molecule has 144 valence electrons. The van der Waals surface area contributed by atoms with Gasteiger partial charge in [-0.1, -0.05) is 36.4 Å². The molecule has 0 unspecified atom stereocenters. The zero-order valence-corrected chi connectivity index (χ0v) is 16.1. The number of benzene rings is 1. The van der Waals surface area contributed by atoms with Gasteiger partial charge in [0, 0.05) is 31.3 Å². The first-order valence-electron chi connectivity index (χ1n) is 9.86. The van der Waals surface area contributed by atoms with Crippen LogP contribution in [-0.2, 0) is 17.8 Å². The van der Waals surface area contributed by atoms with E-state index in [1.807, 2.05) is 37.4 Å². The minimum Gasteiger partial charge on any atom is -0.478 e. The molecule has 0 bridgehead atoms. The van der Waals surface area contributed by atoms with Gasteiger partial charge in [0.2, 0.25) is 11.8 Å². The van der Waals surface area contributed by atoms with Crippen molar-refractivity contribution in [2.75, 3.05) is 26.2 Å². The van der Waals surface area contributed by atoms with Crippen molar-refractivity contribution in [1.29, 1.82) is 0 Å². The Balaban J connectivity index is 1.37. The van der Waals surface area contributed by atoms with E-state index in [1.54, 1.807) is 0 Å². The van der Waals surface area contributed by atoms with Crippen molar-refractivity contribution in [1.82, 2.24) is 15.2 Å². The molecule has 1 aliphatic heterocycles. The second-order valence-corrected chi connectivity index (χ2v) is 7.01. The zero-order valence-electron chi connectivity index (χ0n) is 16.1. The summed E-state index contributed by atoms with van der Waals surface area (Å²) in [5, 5.41) is 3.10. The number of carbonyl (C=O) groups excluding carboxylic acids is 1. The molecular weight excluding hydrogens is 338 g/mol. The maximum absolute atomic E-state index is 12.4. The molecular formula is C22H29N3O2. The van der Waals surface area contributed by atoms with Crippen LogP contribution < -0.4 is 10.1 Å². The molecule has 1 aliphatic rings. The molecule has 27 heavy (non-hydrogen) atoms. The molecule has 5 nitrogen and oxygen atoms in total. The number of piperidine rings is 1. The van der Waals surface area contributed by atoms with Crippen molar-refractivity contribution in [3.63, 3.8) is 0 Å². The van der Waals surface area contributed by atoms with Crippen molar-refractivity contribution >= 4 is 5.91 Å². The van der Waals surface area contributed by atoms with Crippen LogP contribution in [-0.4, -0.2) is 42.0 Å². The molecule has 1 fully saturated rings. The average Bonchev–Trinajstić information content (AvgIpc) is 2.71. The summed E-state index contributed by atoms with van der Waals surface area (Å²) in [4.78, 5) is 19.1. The normalized spacial score (nSPS) is 15.4. The molecule has 0 aliphatic carbocycles. The van der Waals surface area contributed by atoms with Crippen molar-refractivity contribution in [3.05, 3.63) is 59.8 Å². The smallest absolute Gasteiger partial charge is 0.223 e. The van der Waals surface area contributed by atoms with E-state index < -0.39 is 0 Å². The first-order valence-corrected chi connectivity index (χ1v) is 9.86. The van der Waals surface area contributed by atoms with Crippen LogP contribution in [0.1, 0.15) is 30.9 Å². The van der Waals surface area contributed by atoms with Crippen molar-refractivity contribution in [2.24, 2.45) is 5.92 Å². The predicted molar refractivity (Wildman–Crippen MR) is 107 cm³/mol. The number of hydrogen-bond donors (Lipinski definition) is 1. The van der Waals surface area contributed by atoms with Gasteiger partial charge in [0.25, 0.3) is 0 Å². The van der Waals surface area contributed by atoms with Gasteiger partial charge in [-0.2, -0.15) is 0 Å². The molecule has 0 radical (unpaired) electrons. The van der Waals surface area contributed by atoms with Gasteiger partial charge in [0.15, 0.2) is 0 Å². The Labute approximate surface area is 161 Å². The Kier molecular flexibility index (Phi) is 7.22. The molecule has 1 aromatic carbocycles. The average molecular weight is 367 g/mol. The highest BCUT2D eigenvalue weighted by molar-refractivity contribution is 5.78. The number of nitrogens with zero attached hydrogens (tertiary/aromatic N) is 2. The fraction of sp³-hybridized carbons (Fsp3) is 0.455. The number of pyridine rings is 1. The molecule has 0 saturated carbocycles. The Morgan fingerprint density at radius 2 is 1.93 bits per heavy atom. The van der Waals surface area contributed by atoms with Crippen LogP contribution in [0.3, 0.4) is 0 Å². The van der Waals surface area contributed by atoms with Gasteiger partial charge in [-0.05, 0) is 50.4 Å². The van der Waals surface area contributed by atoms with Gasteiger partial charge in [0.05, 0.1) is 6.61 Å². The molecule has 0 atom stereocenters. The highest BCUT2D eigenvalue weighted by Gasteiger charge is 2.24. The fourth-order valence-corrected chi connectivity index (χ4v) is 3.47. The lowest BCUT2D eigenvalue weighted by molar-refractivity contribution is -0.126. The molecule has 5 heteroatoms. The van der Waals surface area contributed by atoms with Gasteiger partial charge >= 0.3 is 0 Å². The molecule has 0 spiro atoms. The van der Waals surface area contributed by atoms with E-state index in [-0.39, 0.29) is 11.8 Å². The van der Waals surface area contributed by atoms with E-state index in [2.05, 4.69) is 33.4 Å². The third-order valence-corrected chi connectivity index (χ3v) is 5.01. The quantitative estimate of drug-likeness (QED) is 0.779. The van der Waals surface area contributed by atoms with E-state index in [4.69, 9.17) is 4.74 Å².